The number of carbonyl (C=O) groups is 1. The lowest BCUT2D eigenvalue weighted by molar-refractivity contribution is 0.255. The van der Waals surface area contributed by atoms with Crippen molar-refractivity contribution in [2.45, 2.75) is 0 Å². The Labute approximate surface area is 73.3 Å². The third-order valence-corrected chi connectivity index (χ3v) is 1.90. The maximum absolute atomic E-state index is 11.1. The molecule has 3 N–H and O–H groups in total. The smallest absolute Gasteiger partial charge is 0.306 e. The van der Waals surface area contributed by atoms with Gasteiger partial charge in [0, 0.05) is 7.05 Å². The van der Waals surface area contributed by atoms with Crippen molar-refractivity contribution < 1.29 is 4.79 Å². The first-order valence-electron chi connectivity index (χ1n) is 3.66. The molecule has 0 spiro atoms. The van der Waals surface area contributed by atoms with Gasteiger partial charge in [0.2, 0.25) is 0 Å². The molecule has 0 atom stereocenters. The average molecular weight is 180 g/mol. The second-order valence-electron chi connectivity index (χ2n) is 2.77. The molecule has 1 aromatic rings. The number of aromatic amines is 1. The van der Waals surface area contributed by atoms with Crippen molar-refractivity contribution in [1.29, 1.82) is 0 Å². The van der Waals surface area contributed by atoms with Gasteiger partial charge in [0.25, 0.3) is 0 Å². The number of hydrogen-bond donors (Lipinski definition) is 3. The molecule has 1 aliphatic rings. The maximum atomic E-state index is 11.1. The van der Waals surface area contributed by atoms with Crippen LogP contribution in [0.1, 0.15) is 5.69 Å². The van der Waals surface area contributed by atoms with E-state index in [1.807, 2.05) is 0 Å². The van der Waals surface area contributed by atoms with Gasteiger partial charge in [0.05, 0.1) is 5.70 Å². The standard InChI is InChI=1S/C7H8N4O2/c1-3-4-5(9-6(12)8-3)10-7(13)11(4)2/h1H2,2H3,(H,10,13)(H2,8,9,12). The molecular formula is C7H8N4O2. The lowest BCUT2D eigenvalue weighted by Gasteiger charge is -2.16. The van der Waals surface area contributed by atoms with Crippen LogP contribution in [0.4, 0.5) is 10.6 Å². The Morgan fingerprint density at radius 3 is 2.69 bits per heavy atom. The number of urea groups is 1. The van der Waals surface area contributed by atoms with Crippen LogP contribution in [0.5, 0.6) is 0 Å². The van der Waals surface area contributed by atoms with Crippen molar-refractivity contribution in [2.24, 2.45) is 7.05 Å². The summed E-state index contributed by atoms with van der Waals surface area (Å²) < 4.78 is 1.38. The van der Waals surface area contributed by atoms with Crippen LogP contribution in [-0.2, 0) is 7.05 Å². The van der Waals surface area contributed by atoms with Gasteiger partial charge in [-0.2, -0.15) is 0 Å². The summed E-state index contributed by atoms with van der Waals surface area (Å²) in [5.74, 6) is 0.390. The first kappa shape index (κ1) is 7.66. The van der Waals surface area contributed by atoms with E-state index in [-0.39, 0.29) is 11.7 Å². The molecule has 0 saturated heterocycles. The van der Waals surface area contributed by atoms with Crippen molar-refractivity contribution in [3.05, 3.63) is 22.8 Å². The fourth-order valence-corrected chi connectivity index (χ4v) is 1.30. The van der Waals surface area contributed by atoms with Gasteiger partial charge >= 0.3 is 11.7 Å². The fourth-order valence-electron chi connectivity index (χ4n) is 1.30. The summed E-state index contributed by atoms with van der Waals surface area (Å²) in [5.41, 5.74) is 0.708. The highest BCUT2D eigenvalue weighted by Crippen LogP contribution is 2.20. The van der Waals surface area contributed by atoms with E-state index in [0.717, 1.165) is 0 Å². The van der Waals surface area contributed by atoms with E-state index in [1.54, 1.807) is 7.05 Å². The second kappa shape index (κ2) is 2.25. The number of nitrogens with zero attached hydrogens (tertiary/aromatic N) is 1. The van der Waals surface area contributed by atoms with Crippen molar-refractivity contribution in [3.63, 3.8) is 0 Å². The SMILES string of the molecule is C=C1NC(=O)Nc2[nH]c(=O)n(C)c21. The molecule has 0 unspecified atom stereocenters. The van der Waals surface area contributed by atoms with Gasteiger partial charge in [-0.1, -0.05) is 6.58 Å². The van der Waals surface area contributed by atoms with Gasteiger partial charge in [-0.05, 0) is 0 Å². The molecule has 0 saturated carbocycles. The van der Waals surface area contributed by atoms with E-state index in [4.69, 9.17) is 0 Å². The summed E-state index contributed by atoms with van der Waals surface area (Å²) in [6, 6.07) is -0.389. The number of hydrogen-bond acceptors (Lipinski definition) is 2. The number of amides is 2. The fraction of sp³-hybridized carbons (Fsp3) is 0.143. The summed E-state index contributed by atoms with van der Waals surface area (Å²) in [6.07, 6.45) is 0. The van der Waals surface area contributed by atoms with E-state index in [1.165, 1.54) is 4.57 Å². The molecule has 0 aromatic carbocycles. The van der Waals surface area contributed by atoms with Crippen LogP contribution in [0, 0.1) is 0 Å². The molecule has 1 aliphatic heterocycles. The number of H-pyrrole nitrogens is 1. The number of anilines is 1. The van der Waals surface area contributed by atoms with E-state index < -0.39 is 0 Å². The lowest BCUT2D eigenvalue weighted by atomic mass is 10.3. The molecular weight excluding hydrogens is 172 g/mol. The number of fused-ring (bicyclic) bond motifs is 1. The van der Waals surface area contributed by atoms with Gasteiger partial charge in [0.1, 0.15) is 11.5 Å². The molecule has 6 heteroatoms. The normalized spacial score (nSPS) is 14.8. The highest BCUT2D eigenvalue weighted by Gasteiger charge is 2.22. The molecule has 0 fully saturated rings. The molecule has 1 aromatic heterocycles. The molecule has 0 aliphatic carbocycles. The van der Waals surface area contributed by atoms with Crippen LogP contribution in [0.2, 0.25) is 0 Å². The van der Waals surface area contributed by atoms with Crippen molar-refractivity contribution in [2.75, 3.05) is 5.32 Å². The molecule has 13 heavy (non-hydrogen) atoms. The Morgan fingerprint density at radius 2 is 2.00 bits per heavy atom. The predicted octanol–water partition coefficient (Wildman–Crippen LogP) is -0.181. The number of carbonyl (C=O) groups excluding carboxylic acids is 1. The van der Waals surface area contributed by atoms with Crippen LogP contribution >= 0.6 is 0 Å². The van der Waals surface area contributed by atoms with Crippen LogP contribution in [0.25, 0.3) is 5.70 Å². The first-order chi connectivity index (χ1) is 6.09. The molecule has 2 amide bonds. The van der Waals surface area contributed by atoms with Crippen molar-refractivity contribution in [1.82, 2.24) is 14.9 Å². The van der Waals surface area contributed by atoms with Crippen molar-refractivity contribution in [3.8, 4) is 0 Å². The van der Waals surface area contributed by atoms with E-state index in [9.17, 15) is 9.59 Å². The summed E-state index contributed by atoms with van der Waals surface area (Å²) in [6.45, 7) is 3.63. The van der Waals surface area contributed by atoms with Crippen LogP contribution < -0.4 is 16.3 Å². The topological polar surface area (TPSA) is 78.9 Å². The number of rotatable bonds is 0. The number of aromatic nitrogens is 2. The van der Waals surface area contributed by atoms with Crippen LogP contribution in [0.3, 0.4) is 0 Å². The molecule has 2 heterocycles. The predicted molar refractivity (Wildman–Crippen MR) is 47.2 cm³/mol. The average Bonchev–Trinajstić information content (AvgIpc) is 2.27. The first-order valence-corrected chi connectivity index (χ1v) is 3.66. The zero-order chi connectivity index (χ0) is 9.59. The summed E-state index contributed by atoms with van der Waals surface area (Å²) in [5, 5.41) is 4.93. The Bertz CT molecular complexity index is 454. The zero-order valence-electron chi connectivity index (χ0n) is 6.97. The molecule has 0 radical (unpaired) electrons. The number of nitrogens with one attached hydrogen (secondary N) is 3. The third-order valence-electron chi connectivity index (χ3n) is 1.90. The lowest BCUT2D eigenvalue weighted by Crippen LogP contribution is -2.32. The maximum Gasteiger partial charge on any atom is 0.327 e. The third kappa shape index (κ3) is 0.952. The van der Waals surface area contributed by atoms with Gasteiger partial charge in [-0.3, -0.25) is 14.9 Å². The molecule has 2 rings (SSSR count). The second-order valence-corrected chi connectivity index (χ2v) is 2.77. The number of imidazole rings is 1. The highest BCUT2D eigenvalue weighted by molar-refractivity contribution is 6.00. The largest absolute Gasteiger partial charge is 0.327 e. The molecule has 6 nitrogen and oxygen atoms in total. The minimum atomic E-state index is -0.389. The van der Waals surface area contributed by atoms with E-state index >= 15 is 0 Å². The van der Waals surface area contributed by atoms with Gasteiger partial charge in [-0.25, -0.2) is 9.59 Å². The Morgan fingerprint density at radius 1 is 1.31 bits per heavy atom. The van der Waals surface area contributed by atoms with Gasteiger partial charge in [0.15, 0.2) is 0 Å². The molecule has 0 bridgehead atoms. The monoisotopic (exact) mass is 180 g/mol. The van der Waals surface area contributed by atoms with Gasteiger partial charge in [-0.15, -0.1) is 0 Å². The Balaban J connectivity index is 2.69. The van der Waals surface area contributed by atoms with Crippen LogP contribution in [0.15, 0.2) is 11.4 Å². The van der Waals surface area contributed by atoms with Crippen molar-refractivity contribution >= 4 is 17.5 Å². The van der Waals surface area contributed by atoms with E-state index in [2.05, 4.69) is 22.2 Å². The van der Waals surface area contributed by atoms with E-state index in [0.29, 0.717) is 17.2 Å². The summed E-state index contributed by atoms with van der Waals surface area (Å²) in [4.78, 5) is 24.6. The summed E-state index contributed by atoms with van der Waals surface area (Å²) >= 11 is 0. The van der Waals surface area contributed by atoms with Gasteiger partial charge < -0.3 is 5.32 Å². The highest BCUT2D eigenvalue weighted by atomic mass is 16.2. The molecule has 68 valence electrons. The minimum absolute atomic E-state index is 0.282. The van der Waals surface area contributed by atoms with Crippen LogP contribution in [-0.4, -0.2) is 15.6 Å². The summed E-state index contributed by atoms with van der Waals surface area (Å²) in [7, 11) is 1.60. The minimum Gasteiger partial charge on any atom is -0.306 e. The quantitative estimate of drug-likeness (QED) is 0.517. The Kier molecular flexibility index (Phi) is 1.33. The Hall–Kier alpha value is -1.98. The zero-order valence-corrected chi connectivity index (χ0v) is 6.97.